The quantitative estimate of drug-likeness (QED) is 0.856. The summed E-state index contributed by atoms with van der Waals surface area (Å²) in [4.78, 5) is 0. The first-order chi connectivity index (χ1) is 8.26. The van der Waals surface area contributed by atoms with Crippen molar-refractivity contribution in [3.63, 3.8) is 0 Å². The minimum atomic E-state index is -0.335. The largest absolute Gasteiger partial charge is 0.326 e. The van der Waals surface area contributed by atoms with Gasteiger partial charge in [0, 0.05) is 12.1 Å². The van der Waals surface area contributed by atoms with Gasteiger partial charge in [0.2, 0.25) is 0 Å². The lowest BCUT2D eigenvalue weighted by Crippen LogP contribution is -1.99. The Morgan fingerprint density at radius 3 is 2.59 bits per heavy atom. The molecular formula is C14H11FN2. The molecule has 0 saturated heterocycles. The lowest BCUT2D eigenvalue weighted by Gasteiger charge is -2.06. The zero-order valence-corrected chi connectivity index (χ0v) is 9.15. The minimum Gasteiger partial charge on any atom is -0.326 e. The van der Waals surface area contributed by atoms with E-state index in [9.17, 15) is 4.39 Å². The number of hydrogen-bond acceptors (Lipinski definition) is 2. The van der Waals surface area contributed by atoms with Gasteiger partial charge in [-0.2, -0.15) is 5.26 Å². The summed E-state index contributed by atoms with van der Waals surface area (Å²) in [5.41, 5.74) is 7.84. The molecule has 17 heavy (non-hydrogen) atoms. The minimum absolute atomic E-state index is 0.173. The van der Waals surface area contributed by atoms with Crippen LogP contribution in [-0.2, 0) is 6.54 Å². The fraction of sp³-hybridized carbons (Fsp3) is 0.0714. The van der Waals surface area contributed by atoms with Gasteiger partial charge in [-0.05, 0) is 23.3 Å². The van der Waals surface area contributed by atoms with Crippen molar-refractivity contribution in [3.8, 4) is 17.2 Å². The number of rotatable bonds is 2. The highest BCUT2D eigenvalue weighted by Crippen LogP contribution is 2.24. The maximum Gasteiger partial charge on any atom is 0.128 e. The summed E-state index contributed by atoms with van der Waals surface area (Å²) >= 11 is 0. The van der Waals surface area contributed by atoms with Crippen molar-refractivity contribution in [2.45, 2.75) is 6.54 Å². The van der Waals surface area contributed by atoms with E-state index in [0.29, 0.717) is 16.7 Å². The third kappa shape index (κ3) is 2.17. The summed E-state index contributed by atoms with van der Waals surface area (Å²) in [5, 5.41) is 8.99. The highest BCUT2D eigenvalue weighted by atomic mass is 19.1. The Labute approximate surface area is 99.1 Å². The van der Waals surface area contributed by atoms with E-state index in [-0.39, 0.29) is 12.4 Å². The predicted octanol–water partition coefficient (Wildman–Crippen LogP) is 2.82. The van der Waals surface area contributed by atoms with Crippen LogP contribution in [0.5, 0.6) is 0 Å². The molecule has 0 heterocycles. The van der Waals surface area contributed by atoms with Gasteiger partial charge in [-0.3, -0.25) is 0 Å². The number of nitrogens with two attached hydrogens (primary N) is 1. The van der Waals surface area contributed by atoms with Crippen molar-refractivity contribution in [2.24, 2.45) is 5.73 Å². The summed E-state index contributed by atoms with van der Waals surface area (Å²) in [7, 11) is 0. The molecule has 0 spiro atoms. The van der Waals surface area contributed by atoms with Crippen molar-refractivity contribution in [3.05, 3.63) is 59.4 Å². The van der Waals surface area contributed by atoms with Gasteiger partial charge in [0.25, 0.3) is 0 Å². The van der Waals surface area contributed by atoms with Crippen LogP contribution in [0.15, 0.2) is 42.5 Å². The third-order valence-electron chi connectivity index (χ3n) is 2.63. The Balaban J connectivity index is 2.54. The van der Waals surface area contributed by atoms with Crippen LogP contribution in [0.25, 0.3) is 11.1 Å². The third-order valence-corrected chi connectivity index (χ3v) is 2.63. The Hall–Kier alpha value is -2.18. The number of hydrogen-bond donors (Lipinski definition) is 1. The fourth-order valence-electron chi connectivity index (χ4n) is 1.71. The SMILES string of the molecule is N#Cc1ccccc1-c1ccc(CN)c(F)c1. The summed E-state index contributed by atoms with van der Waals surface area (Å²) in [6.07, 6.45) is 0. The second kappa shape index (κ2) is 4.77. The van der Waals surface area contributed by atoms with Crippen molar-refractivity contribution < 1.29 is 4.39 Å². The van der Waals surface area contributed by atoms with Crippen LogP contribution in [0.1, 0.15) is 11.1 Å². The molecular weight excluding hydrogens is 215 g/mol. The standard InChI is InChI=1S/C14H11FN2/c15-14-7-10(5-6-12(14)9-17)13-4-2-1-3-11(13)8-16/h1-7H,9,17H2. The van der Waals surface area contributed by atoms with Crippen LogP contribution in [0, 0.1) is 17.1 Å². The zero-order valence-electron chi connectivity index (χ0n) is 9.15. The first kappa shape index (κ1) is 11.3. The topological polar surface area (TPSA) is 49.8 Å². The van der Waals surface area contributed by atoms with E-state index in [1.165, 1.54) is 6.07 Å². The molecule has 2 rings (SSSR count). The highest BCUT2D eigenvalue weighted by Gasteiger charge is 2.07. The second-order valence-electron chi connectivity index (χ2n) is 3.67. The zero-order chi connectivity index (χ0) is 12.3. The Bertz CT molecular complexity index is 585. The Morgan fingerprint density at radius 2 is 1.94 bits per heavy atom. The van der Waals surface area contributed by atoms with Crippen molar-refractivity contribution in [1.29, 1.82) is 5.26 Å². The van der Waals surface area contributed by atoms with E-state index in [0.717, 1.165) is 5.56 Å². The number of nitrogens with zero attached hydrogens (tertiary/aromatic N) is 1. The molecule has 2 nitrogen and oxygen atoms in total. The molecule has 0 aliphatic rings. The first-order valence-electron chi connectivity index (χ1n) is 5.24. The molecule has 2 aromatic carbocycles. The van der Waals surface area contributed by atoms with Gasteiger partial charge in [0.15, 0.2) is 0 Å². The van der Waals surface area contributed by atoms with E-state index in [4.69, 9.17) is 11.0 Å². The van der Waals surface area contributed by atoms with E-state index in [1.54, 1.807) is 30.3 Å². The maximum atomic E-state index is 13.6. The molecule has 0 bridgehead atoms. The number of nitriles is 1. The smallest absolute Gasteiger partial charge is 0.128 e. The molecule has 2 aromatic rings. The van der Waals surface area contributed by atoms with Crippen LogP contribution in [0.3, 0.4) is 0 Å². The first-order valence-corrected chi connectivity index (χ1v) is 5.24. The van der Waals surface area contributed by atoms with Gasteiger partial charge in [0.1, 0.15) is 5.82 Å². The molecule has 0 radical (unpaired) electrons. The molecule has 3 heteroatoms. The second-order valence-corrected chi connectivity index (χ2v) is 3.67. The van der Waals surface area contributed by atoms with Crippen LogP contribution >= 0.6 is 0 Å². The Kier molecular flexibility index (Phi) is 3.17. The summed E-state index contributed by atoms with van der Waals surface area (Å²) in [6, 6.07) is 14.1. The summed E-state index contributed by atoms with van der Waals surface area (Å²) in [6.45, 7) is 0.173. The van der Waals surface area contributed by atoms with Crippen LogP contribution in [-0.4, -0.2) is 0 Å². The van der Waals surface area contributed by atoms with E-state index < -0.39 is 0 Å². The van der Waals surface area contributed by atoms with E-state index in [2.05, 4.69) is 6.07 Å². The van der Waals surface area contributed by atoms with Gasteiger partial charge in [-0.1, -0.05) is 30.3 Å². The van der Waals surface area contributed by atoms with Crippen molar-refractivity contribution >= 4 is 0 Å². The van der Waals surface area contributed by atoms with Gasteiger partial charge in [-0.15, -0.1) is 0 Å². The number of benzene rings is 2. The molecule has 0 aromatic heterocycles. The average molecular weight is 226 g/mol. The Morgan fingerprint density at radius 1 is 1.18 bits per heavy atom. The molecule has 0 fully saturated rings. The monoisotopic (exact) mass is 226 g/mol. The lowest BCUT2D eigenvalue weighted by molar-refractivity contribution is 0.611. The van der Waals surface area contributed by atoms with Crippen LogP contribution < -0.4 is 5.73 Å². The van der Waals surface area contributed by atoms with Crippen LogP contribution in [0.4, 0.5) is 4.39 Å². The van der Waals surface area contributed by atoms with E-state index >= 15 is 0 Å². The van der Waals surface area contributed by atoms with Gasteiger partial charge in [0.05, 0.1) is 11.6 Å². The molecule has 84 valence electrons. The fourth-order valence-corrected chi connectivity index (χ4v) is 1.71. The molecule has 2 N–H and O–H groups in total. The summed E-state index contributed by atoms with van der Waals surface area (Å²) in [5.74, 6) is -0.335. The summed E-state index contributed by atoms with van der Waals surface area (Å²) < 4.78 is 13.6. The molecule has 0 saturated carbocycles. The number of halogens is 1. The maximum absolute atomic E-state index is 13.6. The molecule has 0 unspecified atom stereocenters. The highest BCUT2D eigenvalue weighted by molar-refractivity contribution is 5.70. The molecule has 0 atom stereocenters. The van der Waals surface area contributed by atoms with Crippen molar-refractivity contribution in [1.82, 2.24) is 0 Å². The molecule has 0 aliphatic carbocycles. The molecule has 0 amide bonds. The van der Waals surface area contributed by atoms with Gasteiger partial charge < -0.3 is 5.73 Å². The van der Waals surface area contributed by atoms with Gasteiger partial charge in [-0.25, -0.2) is 4.39 Å². The predicted molar refractivity (Wildman–Crippen MR) is 64.4 cm³/mol. The normalized spacial score (nSPS) is 9.94. The van der Waals surface area contributed by atoms with E-state index in [1.807, 2.05) is 6.07 Å². The molecule has 0 aliphatic heterocycles. The average Bonchev–Trinajstić information content (AvgIpc) is 2.38. The van der Waals surface area contributed by atoms with Gasteiger partial charge >= 0.3 is 0 Å². The lowest BCUT2D eigenvalue weighted by atomic mass is 9.99. The van der Waals surface area contributed by atoms with Crippen molar-refractivity contribution in [2.75, 3.05) is 0 Å². The van der Waals surface area contributed by atoms with Crippen LogP contribution in [0.2, 0.25) is 0 Å².